The van der Waals surface area contributed by atoms with Crippen LogP contribution in [0, 0.1) is 5.95 Å². The zero-order chi connectivity index (χ0) is 14.4. The van der Waals surface area contributed by atoms with Gasteiger partial charge in [0.05, 0.1) is 0 Å². The van der Waals surface area contributed by atoms with Gasteiger partial charge in [0.2, 0.25) is 5.95 Å². The summed E-state index contributed by atoms with van der Waals surface area (Å²) in [5, 5.41) is 4.07. The molecule has 3 atom stereocenters. The zero-order valence-corrected chi connectivity index (χ0v) is 12.1. The molecule has 0 spiro atoms. The molecule has 4 heterocycles. The van der Waals surface area contributed by atoms with E-state index < -0.39 is 5.95 Å². The molecular weight excluding hydrogens is 289 g/mol. The summed E-state index contributed by atoms with van der Waals surface area (Å²) in [5.74, 6) is 0.0111. The van der Waals surface area contributed by atoms with Crippen molar-refractivity contribution in [2.75, 3.05) is 0 Å². The van der Waals surface area contributed by atoms with Crippen molar-refractivity contribution in [1.82, 2.24) is 15.3 Å². The summed E-state index contributed by atoms with van der Waals surface area (Å²) < 4.78 is 13.0. The van der Waals surface area contributed by atoms with Gasteiger partial charge in [0, 0.05) is 41.5 Å². The van der Waals surface area contributed by atoms with Gasteiger partial charge in [0.1, 0.15) is 5.15 Å². The van der Waals surface area contributed by atoms with Crippen LogP contribution >= 0.6 is 11.6 Å². The highest BCUT2D eigenvalue weighted by atomic mass is 35.5. The minimum Gasteiger partial charge on any atom is -0.311 e. The molecule has 0 saturated carbocycles. The largest absolute Gasteiger partial charge is 0.311 e. The molecule has 2 aliphatic heterocycles. The Hall–Kier alpha value is -1.52. The third kappa shape index (κ3) is 2.32. The van der Waals surface area contributed by atoms with E-state index in [4.69, 9.17) is 11.6 Å². The molecule has 2 bridgehead atoms. The molecule has 2 fully saturated rings. The summed E-state index contributed by atoms with van der Waals surface area (Å²) in [5.41, 5.74) is 2.83. The molecule has 0 radical (unpaired) electrons. The number of pyridine rings is 2. The predicted molar refractivity (Wildman–Crippen MR) is 79.7 cm³/mol. The third-order valence-corrected chi connectivity index (χ3v) is 4.93. The van der Waals surface area contributed by atoms with Crippen LogP contribution in [0.5, 0.6) is 0 Å². The maximum absolute atomic E-state index is 13.0. The van der Waals surface area contributed by atoms with E-state index in [0.29, 0.717) is 23.2 Å². The Kier molecular flexibility index (Phi) is 3.16. The minimum atomic E-state index is -0.490. The second-order valence-corrected chi connectivity index (χ2v) is 6.22. The molecule has 0 amide bonds. The van der Waals surface area contributed by atoms with Gasteiger partial charge in [-0.25, -0.2) is 9.97 Å². The Morgan fingerprint density at radius 3 is 2.76 bits per heavy atom. The van der Waals surface area contributed by atoms with E-state index >= 15 is 0 Å². The van der Waals surface area contributed by atoms with Crippen LogP contribution < -0.4 is 5.32 Å². The fourth-order valence-corrected chi connectivity index (χ4v) is 3.81. The fraction of sp³-hybridized carbons (Fsp3) is 0.375. The lowest BCUT2D eigenvalue weighted by atomic mass is 9.84. The smallest absolute Gasteiger partial charge is 0.212 e. The van der Waals surface area contributed by atoms with Gasteiger partial charge in [-0.15, -0.1) is 0 Å². The van der Waals surface area contributed by atoms with E-state index in [9.17, 15) is 4.39 Å². The van der Waals surface area contributed by atoms with Crippen molar-refractivity contribution in [3.8, 4) is 11.1 Å². The maximum Gasteiger partial charge on any atom is 0.212 e. The van der Waals surface area contributed by atoms with Crippen molar-refractivity contribution in [3.05, 3.63) is 47.3 Å². The highest BCUT2D eigenvalue weighted by Crippen LogP contribution is 2.41. The highest BCUT2D eigenvalue weighted by Gasteiger charge is 2.39. The second-order valence-electron chi connectivity index (χ2n) is 5.87. The summed E-state index contributed by atoms with van der Waals surface area (Å²) in [7, 11) is 0. The van der Waals surface area contributed by atoms with Crippen molar-refractivity contribution >= 4 is 11.6 Å². The topological polar surface area (TPSA) is 37.8 Å². The second kappa shape index (κ2) is 5.04. The molecule has 21 heavy (non-hydrogen) atoms. The lowest BCUT2D eigenvalue weighted by molar-refractivity contribution is 0.505. The quantitative estimate of drug-likeness (QED) is 0.862. The molecule has 0 aliphatic carbocycles. The van der Waals surface area contributed by atoms with Gasteiger partial charge in [0.15, 0.2) is 0 Å². The molecule has 4 rings (SSSR count). The molecule has 2 aliphatic rings. The van der Waals surface area contributed by atoms with Crippen molar-refractivity contribution in [3.63, 3.8) is 0 Å². The van der Waals surface area contributed by atoms with Crippen LogP contribution in [0.15, 0.2) is 30.6 Å². The highest BCUT2D eigenvalue weighted by molar-refractivity contribution is 6.32. The van der Waals surface area contributed by atoms with Crippen LogP contribution in [0.1, 0.15) is 30.7 Å². The zero-order valence-electron chi connectivity index (χ0n) is 11.4. The SMILES string of the molecule is Fc1ccc(-c2cc([C@H]3C[C@H]4CC[C@H]3N4)cnc2Cl)cn1. The van der Waals surface area contributed by atoms with E-state index in [1.165, 1.54) is 30.7 Å². The average molecular weight is 304 g/mol. The fourth-order valence-electron chi connectivity index (χ4n) is 3.60. The first kappa shape index (κ1) is 13.2. The molecule has 1 N–H and O–H groups in total. The molecule has 2 aromatic heterocycles. The summed E-state index contributed by atoms with van der Waals surface area (Å²) >= 11 is 6.21. The summed E-state index contributed by atoms with van der Waals surface area (Å²) in [4.78, 5) is 8.02. The van der Waals surface area contributed by atoms with Gasteiger partial charge in [-0.3, -0.25) is 0 Å². The molecule has 2 aromatic rings. The van der Waals surface area contributed by atoms with Gasteiger partial charge in [-0.1, -0.05) is 11.6 Å². The number of nitrogens with zero attached hydrogens (tertiary/aromatic N) is 2. The Balaban J connectivity index is 1.71. The number of rotatable bonds is 2. The van der Waals surface area contributed by atoms with Gasteiger partial charge >= 0.3 is 0 Å². The van der Waals surface area contributed by atoms with Gasteiger partial charge in [0.25, 0.3) is 0 Å². The minimum absolute atomic E-state index is 0.434. The van der Waals surface area contributed by atoms with Crippen molar-refractivity contribution < 1.29 is 4.39 Å². The van der Waals surface area contributed by atoms with Crippen LogP contribution in [-0.4, -0.2) is 22.1 Å². The van der Waals surface area contributed by atoms with E-state index in [1.54, 1.807) is 6.07 Å². The van der Waals surface area contributed by atoms with Crippen molar-refractivity contribution in [2.45, 2.75) is 37.3 Å². The Morgan fingerprint density at radius 1 is 1.19 bits per heavy atom. The van der Waals surface area contributed by atoms with Gasteiger partial charge in [-0.05, 0) is 43.0 Å². The first-order valence-corrected chi connectivity index (χ1v) is 7.62. The Morgan fingerprint density at radius 2 is 2.10 bits per heavy atom. The summed E-state index contributed by atoms with van der Waals surface area (Å²) in [6.07, 6.45) is 7.04. The van der Waals surface area contributed by atoms with E-state index in [-0.39, 0.29) is 0 Å². The summed E-state index contributed by atoms with van der Waals surface area (Å²) in [6, 6.07) is 6.31. The van der Waals surface area contributed by atoms with Crippen molar-refractivity contribution in [1.29, 1.82) is 0 Å². The maximum atomic E-state index is 13.0. The van der Waals surface area contributed by atoms with Crippen LogP contribution in [0.25, 0.3) is 11.1 Å². The third-order valence-electron chi connectivity index (χ3n) is 4.63. The first-order chi connectivity index (χ1) is 10.2. The molecule has 3 nitrogen and oxygen atoms in total. The van der Waals surface area contributed by atoms with Gasteiger partial charge in [-0.2, -0.15) is 4.39 Å². The van der Waals surface area contributed by atoms with Crippen LogP contribution in [0.3, 0.4) is 0 Å². The average Bonchev–Trinajstić information content (AvgIpc) is 3.12. The van der Waals surface area contributed by atoms with Gasteiger partial charge < -0.3 is 5.32 Å². The summed E-state index contributed by atoms with van der Waals surface area (Å²) in [6.45, 7) is 0. The molecule has 108 valence electrons. The lowest BCUT2D eigenvalue weighted by Crippen LogP contribution is -2.21. The van der Waals surface area contributed by atoms with E-state index in [0.717, 1.165) is 17.5 Å². The normalized spacial score (nSPS) is 27.2. The monoisotopic (exact) mass is 303 g/mol. The van der Waals surface area contributed by atoms with Crippen molar-refractivity contribution in [2.24, 2.45) is 0 Å². The van der Waals surface area contributed by atoms with Crippen LogP contribution in [0.4, 0.5) is 4.39 Å². The van der Waals surface area contributed by atoms with Crippen LogP contribution in [0.2, 0.25) is 5.15 Å². The lowest BCUT2D eigenvalue weighted by Gasteiger charge is -2.21. The van der Waals surface area contributed by atoms with E-state index in [2.05, 4.69) is 21.4 Å². The Labute approximate surface area is 127 Å². The molecule has 0 unspecified atom stereocenters. The number of aromatic nitrogens is 2. The molecule has 0 aromatic carbocycles. The molecular formula is C16H15ClFN3. The number of fused-ring (bicyclic) bond motifs is 2. The number of nitrogens with one attached hydrogen (secondary N) is 1. The number of halogens is 2. The first-order valence-electron chi connectivity index (χ1n) is 7.24. The van der Waals surface area contributed by atoms with Crippen LogP contribution in [-0.2, 0) is 0 Å². The molecule has 2 saturated heterocycles. The Bertz CT molecular complexity index is 674. The molecule has 5 heteroatoms. The van der Waals surface area contributed by atoms with E-state index in [1.807, 2.05) is 6.20 Å². The number of hydrogen-bond donors (Lipinski definition) is 1. The number of hydrogen-bond acceptors (Lipinski definition) is 3. The standard InChI is InChI=1S/C16H15ClFN3/c17-16-13(9-1-4-15(18)19-7-9)5-10(8-20-16)12-6-11-2-3-14(12)21-11/h1,4-5,7-8,11-12,14,21H,2-3,6H2/t11-,12-,14-/m1/s1. The predicted octanol–water partition coefficient (Wildman–Crippen LogP) is 3.54.